The maximum absolute atomic E-state index is 12.2. The van der Waals surface area contributed by atoms with Gasteiger partial charge in [-0.25, -0.2) is 9.78 Å². The molecule has 0 fully saturated rings. The third-order valence-electron chi connectivity index (χ3n) is 3.40. The van der Waals surface area contributed by atoms with Gasteiger partial charge in [0.15, 0.2) is 0 Å². The van der Waals surface area contributed by atoms with Gasteiger partial charge in [-0.2, -0.15) is 0 Å². The van der Waals surface area contributed by atoms with Crippen molar-refractivity contribution in [3.05, 3.63) is 69.6 Å². The fourth-order valence-corrected chi connectivity index (χ4v) is 3.06. The molecule has 0 amide bonds. The van der Waals surface area contributed by atoms with Crippen LogP contribution in [0.3, 0.4) is 0 Å². The van der Waals surface area contributed by atoms with Gasteiger partial charge < -0.3 is 13.9 Å². The number of aromatic nitrogens is 1. The van der Waals surface area contributed by atoms with Crippen LogP contribution in [0.1, 0.15) is 31.7 Å². The summed E-state index contributed by atoms with van der Waals surface area (Å²) in [5, 5.41) is 0.952. The van der Waals surface area contributed by atoms with E-state index in [0.29, 0.717) is 5.56 Å². The Kier molecular flexibility index (Phi) is 4.96. The highest BCUT2D eigenvalue weighted by molar-refractivity contribution is 7.11. The van der Waals surface area contributed by atoms with E-state index in [0.717, 1.165) is 21.3 Å². The smallest absolute Gasteiger partial charge is 0.375 e. The molecule has 3 rings (SSSR count). The van der Waals surface area contributed by atoms with Crippen molar-refractivity contribution in [2.45, 2.75) is 27.1 Å². The SMILES string of the molecule is Cc1nc(C)c(COC(=O)c2occc2COc2ccccc2)s1. The van der Waals surface area contributed by atoms with Gasteiger partial charge in [-0.15, -0.1) is 11.3 Å². The summed E-state index contributed by atoms with van der Waals surface area (Å²) in [5.74, 6) is 0.399. The number of nitrogens with zero attached hydrogens (tertiary/aromatic N) is 1. The van der Waals surface area contributed by atoms with Crippen LogP contribution in [-0.4, -0.2) is 11.0 Å². The first-order valence-corrected chi connectivity index (χ1v) is 8.29. The Hall–Kier alpha value is -2.60. The summed E-state index contributed by atoms with van der Waals surface area (Å²) >= 11 is 1.52. The molecule has 2 heterocycles. The average molecular weight is 343 g/mol. The second-order valence-corrected chi connectivity index (χ2v) is 6.48. The number of carbonyl (C=O) groups excluding carboxylic acids is 1. The Bertz CT molecular complexity index is 823. The minimum absolute atomic E-state index is 0.171. The number of benzene rings is 1. The number of thiazole rings is 1. The van der Waals surface area contributed by atoms with E-state index in [2.05, 4.69) is 4.98 Å². The van der Waals surface area contributed by atoms with E-state index >= 15 is 0 Å². The van der Waals surface area contributed by atoms with Crippen molar-refractivity contribution in [1.29, 1.82) is 0 Å². The summed E-state index contributed by atoms with van der Waals surface area (Å²) in [4.78, 5) is 17.5. The minimum Gasteiger partial charge on any atom is -0.489 e. The van der Waals surface area contributed by atoms with Gasteiger partial charge in [0.1, 0.15) is 19.0 Å². The zero-order chi connectivity index (χ0) is 16.9. The second kappa shape index (κ2) is 7.31. The lowest BCUT2D eigenvalue weighted by molar-refractivity contribution is 0.0435. The molecule has 5 nitrogen and oxygen atoms in total. The summed E-state index contributed by atoms with van der Waals surface area (Å²) in [5.41, 5.74) is 1.54. The van der Waals surface area contributed by atoms with E-state index in [9.17, 15) is 4.79 Å². The van der Waals surface area contributed by atoms with Crippen molar-refractivity contribution in [2.24, 2.45) is 0 Å². The monoisotopic (exact) mass is 343 g/mol. The van der Waals surface area contributed by atoms with Gasteiger partial charge in [0.25, 0.3) is 0 Å². The number of carbonyl (C=O) groups is 1. The molecule has 0 aliphatic heterocycles. The topological polar surface area (TPSA) is 61.6 Å². The Morgan fingerprint density at radius 3 is 2.67 bits per heavy atom. The molecule has 1 aromatic carbocycles. The Morgan fingerprint density at radius 1 is 1.17 bits per heavy atom. The van der Waals surface area contributed by atoms with Crippen LogP contribution < -0.4 is 4.74 Å². The van der Waals surface area contributed by atoms with Gasteiger partial charge in [-0.1, -0.05) is 18.2 Å². The van der Waals surface area contributed by atoms with Crippen LogP contribution in [0.2, 0.25) is 0 Å². The first-order chi connectivity index (χ1) is 11.6. The summed E-state index contributed by atoms with van der Waals surface area (Å²) < 4.78 is 16.3. The maximum Gasteiger partial charge on any atom is 0.375 e. The average Bonchev–Trinajstić information content (AvgIpc) is 3.17. The van der Waals surface area contributed by atoms with Crippen LogP contribution >= 0.6 is 11.3 Å². The van der Waals surface area contributed by atoms with E-state index in [-0.39, 0.29) is 19.0 Å². The predicted molar refractivity (Wildman–Crippen MR) is 90.2 cm³/mol. The maximum atomic E-state index is 12.2. The van der Waals surface area contributed by atoms with E-state index in [1.807, 2.05) is 44.2 Å². The summed E-state index contributed by atoms with van der Waals surface area (Å²) in [6.45, 7) is 4.26. The highest BCUT2D eigenvalue weighted by Crippen LogP contribution is 2.20. The molecule has 0 bridgehead atoms. The fraction of sp³-hybridized carbons (Fsp3) is 0.222. The van der Waals surface area contributed by atoms with E-state index in [1.165, 1.54) is 17.6 Å². The third kappa shape index (κ3) is 3.83. The minimum atomic E-state index is -0.503. The molecule has 6 heteroatoms. The summed E-state index contributed by atoms with van der Waals surface area (Å²) in [6.07, 6.45) is 1.46. The number of aryl methyl sites for hydroxylation is 2. The predicted octanol–water partition coefficient (Wildman–Crippen LogP) is 4.29. The molecule has 0 atom stereocenters. The molecule has 124 valence electrons. The van der Waals surface area contributed by atoms with Gasteiger partial charge >= 0.3 is 5.97 Å². The number of hydrogen-bond acceptors (Lipinski definition) is 6. The van der Waals surface area contributed by atoms with Crippen molar-refractivity contribution in [3.63, 3.8) is 0 Å². The standard InChI is InChI=1S/C18H17NO4S/c1-12-16(24-13(2)19-12)11-23-18(20)17-14(8-9-21-17)10-22-15-6-4-3-5-7-15/h3-9H,10-11H2,1-2H3. The molecule has 0 unspecified atom stereocenters. The van der Waals surface area contributed by atoms with Gasteiger partial charge in [0, 0.05) is 5.56 Å². The normalized spacial score (nSPS) is 10.6. The number of para-hydroxylation sites is 1. The molecule has 0 N–H and O–H groups in total. The number of ether oxygens (including phenoxy) is 2. The number of esters is 1. The van der Waals surface area contributed by atoms with E-state index < -0.39 is 5.97 Å². The van der Waals surface area contributed by atoms with Crippen LogP contribution in [0.15, 0.2) is 47.1 Å². The molecule has 2 aromatic heterocycles. The molecule has 3 aromatic rings. The van der Waals surface area contributed by atoms with E-state index in [1.54, 1.807) is 6.07 Å². The van der Waals surface area contributed by atoms with Crippen LogP contribution in [0.5, 0.6) is 5.75 Å². The van der Waals surface area contributed by atoms with E-state index in [4.69, 9.17) is 13.9 Å². The Labute approximate surface area is 143 Å². The molecule has 24 heavy (non-hydrogen) atoms. The molecule has 0 aliphatic carbocycles. The fourth-order valence-electron chi connectivity index (χ4n) is 2.21. The Morgan fingerprint density at radius 2 is 1.96 bits per heavy atom. The van der Waals surface area contributed by atoms with Crippen molar-refractivity contribution in [1.82, 2.24) is 4.98 Å². The quantitative estimate of drug-likeness (QED) is 0.625. The van der Waals surface area contributed by atoms with Crippen LogP contribution in [-0.2, 0) is 18.0 Å². The zero-order valence-corrected chi connectivity index (χ0v) is 14.3. The molecule has 0 aliphatic rings. The first kappa shape index (κ1) is 16.3. The van der Waals surface area contributed by atoms with Crippen LogP contribution in [0.25, 0.3) is 0 Å². The van der Waals surface area contributed by atoms with Crippen LogP contribution in [0.4, 0.5) is 0 Å². The summed E-state index contributed by atoms with van der Waals surface area (Å²) in [7, 11) is 0. The summed E-state index contributed by atoms with van der Waals surface area (Å²) in [6, 6.07) is 11.1. The van der Waals surface area contributed by atoms with Crippen molar-refractivity contribution >= 4 is 17.3 Å². The third-order valence-corrected chi connectivity index (χ3v) is 4.45. The number of rotatable bonds is 6. The van der Waals surface area contributed by atoms with Crippen molar-refractivity contribution in [3.8, 4) is 5.75 Å². The zero-order valence-electron chi connectivity index (χ0n) is 13.4. The van der Waals surface area contributed by atoms with Gasteiger partial charge in [0.2, 0.25) is 5.76 Å². The Balaban J connectivity index is 1.61. The largest absolute Gasteiger partial charge is 0.489 e. The van der Waals surface area contributed by atoms with Crippen molar-refractivity contribution in [2.75, 3.05) is 0 Å². The van der Waals surface area contributed by atoms with Gasteiger partial charge in [0.05, 0.1) is 21.8 Å². The highest BCUT2D eigenvalue weighted by atomic mass is 32.1. The second-order valence-electron chi connectivity index (χ2n) is 5.19. The molecule has 0 spiro atoms. The molecule has 0 radical (unpaired) electrons. The lowest BCUT2D eigenvalue weighted by atomic mass is 10.2. The molecule has 0 saturated heterocycles. The lowest BCUT2D eigenvalue weighted by Crippen LogP contribution is -2.08. The number of hydrogen-bond donors (Lipinski definition) is 0. The molecular weight excluding hydrogens is 326 g/mol. The van der Waals surface area contributed by atoms with Gasteiger partial charge in [-0.05, 0) is 32.0 Å². The lowest BCUT2D eigenvalue weighted by Gasteiger charge is -2.06. The van der Waals surface area contributed by atoms with Crippen molar-refractivity contribution < 1.29 is 18.7 Å². The number of furan rings is 1. The van der Waals surface area contributed by atoms with Gasteiger partial charge in [-0.3, -0.25) is 0 Å². The highest BCUT2D eigenvalue weighted by Gasteiger charge is 2.18. The molecule has 0 saturated carbocycles. The first-order valence-electron chi connectivity index (χ1n) is 7.47. The van der Waals surface area contributed by atoms with Crippen LogP contribution in [0, 0.1) is 13.8 Å². The molecular formula is C18H17NO4S.